The van der Waals surface area contributed by atoms with Crippen LogP contribution in [0.4, 0.5) is 0 Å². The molecule has 3 aromatic rings. The van der Waals surface area contributed by atoms with Crippen molar-refractivity contribution >= 4 is 16.7 Å². The zero-order valence-electron chi connectivity index (χ0n) is 16.0. The Labute approximate surface area is 159 Å². The molecule has 27 heavy (non-hydrogen) atoms. The van der Waals surface area contributed by atoms with Crippen molar-refractivity contribution in [2.45, 2.75) is 51.9 Å². The molecule has 0 saturated carbocycles. The minimum atomic E-state index is 0.361. The third-order valence-electron chi connectivity index (χ3n) is 4.71. The fraction of sp³-hybridized carbons (Fsp3) is 0.429. The monoisotopic (exact) mass is 366 g/mol. The minimum Gasteiger partial charge on any atom is -0.480 e. The summed E-state index contributed by atoms with van der Waals surface area (Å²) in [7, 11) is 1.62. The molecule has 0 aliphatic heterocycles. The van der Waals surface area contributed by atoms with Crippen LogP contribution in [0.2, 0.25) is 0 Å². The number of carbonyl (C=O) groups excluding carboxylic acids is 1. The SMILES string of the molecule is CCC(=O)CCCCCCc1ncc(-c2cc3ccncc3nc2OC)[nH]1. The molecule has 3 aromatic heterocycles. The van der Waals surface area contributed by atoms with E-state index in [0.29, 0.717) is 24.5 Å². The van der Waals surface area contributed by atoms with Gasteiger partial charge in [-0.05, 0) is 25.0 Å². The molecule has 0 radical (unpaired) electrons. The van der Waals surface area contributed by atoms with Gasteiger partial charge in [0.1, 0.15) is 11.6 Å². The van der Waals surface area contributed by atoms with Crippen molar-refractivity contribution in [3.8, 4) is 17.1 Å². The number of ketones is 1. The molecular weight excluding hydrogens is 340 g/mol. The number of Topliss-reactive ketones (excluding diaryl/α,β-unsaturated/α-hetero) is 1. The molecule has 0 atom stereocenters. The van der Waals surface area contributed by atoms with Crippen molar-refractivity contribution < 1.29 is 9.53 Å². The largest absolute Gasteiger partial charge is 0.480 e. The van der Waals surface area contributed by atoms with Crippen molar-refractivity contribution in [3.63, 3.8) is 0 Å². The molecule has 0 fully saturated rings. The number of rotatable bonds is 10. The van der Waals surface area contributed by atoms with E-state index in [9.17, 15) is 4.79 Å². The minimum absolute atomic E-state index is 0.361. The summed E-state index contributed by atoms with van der Waals surface area (Å²) >= 11 is 0. The molecule has 3 heterocycles. The van der Waals surface area contributed by atoms with Gasteiger partial charge >= 0.3 is 0 Å². The van der Waals surface area contributed by atoms with E-state index in [1.54, 1.807) is 19.5 Å². The average molecular weight is 366 g/mol. The molecule has 0 aliphatic carbocycles. The number of fused-ring (bicyclic) bond motifs is 1. The molecule has 6 heteroatoms. The second-order valence-corrected chi connectivity index (χ2v) is 6.66. The van der Waals surface area contributed by atoms with Gasteiger partial charge in [0.25, 0.3) is 0 Å². The van der Waals surface area contributed by atoms with Gasteiger partial charge in [0.05, 0.1) is 36.3 Å². The van der Waals surface area contributed by atoms with Gasteiger partial charge in [-0.2, -0.15) is 0 Å². The first-order chi connectivity index (χ1) is 13.2. The zero-order chi connectivity index (χ0) is 19.1. The first kappa shape index (κ1) is 19.0. The number of aryl methyl sites for hydroxylation is 1. The number of pyridine rings is 2. The highest BCUT2D eigenvalue weighted by Crippen LogP contribution is 2.30. The number of aromatic nitrogens is 4. The Kier molecular flexibility index (Phi) is 6.52. The fourth-order valence-corrected chi connectivity index (χ4v) is 3.12. The molecule has 0 amide bonds. The van der Waals surface area contributed by atoms with E-state index in [1.165, 1.54) is 0 Å². The maximum Gasteiger partial charge on any atom is 0.223 e. The Hall–Kier alpha value is -2.76. The summed E-state index contributed by atoms with van der Waals surface area (Å²) in [6.07, 6.45) is 11.8. The number of imidazole rings is 1. The van der Waals surface area contributed by atoms with Gasteiger partial charge in [0, 0.05) is 30.8 Å². The predicted octanol–water partition coefficient (Wildman–Crippen LogP) is 4.50. The van der Waals surface area contributed by atoms with Gasteiger partial charge in [-0.1, -0.05) is 19.8 Å². The van der Waals surface area contributed by atoms with Gasteiger partial charge in [-0.3, -0.25) is 9.78 Å². The molecule has 3 rings (SSSR count). The summed E-state index contributed by atoms with van der Waals surface area (Å²) in [5.74, 6) is 1.89. The van der Waals surface area contributed by atoms with E-state index >= 15 is 0 Å². The first-order valence-electron chi connectivity index (χ1n) is 9.56. The number of hydrogen-bond donors (Lipinski definition) is 1. The molecule has 0 aromatic carbocycles. The summed E-state index contributed by atoms with van der Waals surface area (Å²) in [6, 6.07) is 3.98. The lowest BCUT2D eigenvalue weighted by Gasteiger charge is -2.07. The highest BCUT2D eigenvalue weighted by molar-refractivity contribution is 5.84. The summed E-state index contributed by atoms with van der Waals surface area (Å²) in [5, 5.41) is 1.01. The Morgan fingerprint density at radius 1 is 1.19 bits per heavy atom. The Morgan fingerprint density at radius 2 is 2.04 bits per heavy atom. The number of carbonyl (C=O) groups is 1. The third kappa shape index (κ3) is 4.90. The number of nitrogens with one attached hydrogen (secondary N) is 1. The number of nitrogens with zero attached hydrogens (tertiary/aromatic N) is 3. The first-order valence-corrected chi connectivity index (χ1v) is 9.56. The van der Waals surface area contributed by atoms with Crippen molar-refractivity contribution in [3.05, 3.63) is 36.5 Å². The van der Waals surface area contributed by atoms with Crippen molar-refractivity contribution in [1.82, 2.24) is 19.9 Å². The normalized spacial score (nSPS) is 11.0. The van der Waals surface area contributed by atoms with Crippen LogP contribution in [0.25, 0.3) is 22.2 Å². The highest BCUT2D eigenvalue weighted by atomic mass is 16.5. The van der Waals surface area contributed by atoms with Crippen LogP contribution in [0, 0.1) is 0 Å². The molecular formula is C21H26N4O2. The number of ether oxygens (including phenoxy) is 1. The molecule has 6 nitrogen and oxygen atoms in total. The van der Waals surface area contributed by atoms with Crippen LogP contribution in [0.1, 0.15) is 51.3 Å². The summed E-state index contributed by atoms with van der Waals surface area (Å²) in [5.41, 5.74) is 2.61. The topological polar surface area (TPSA) is 80.8 Å². The molecule has 0 bridgehead atoms. The van der Waals surface area contributed by atoms with Crippen LogP contribution < -0.4 is 4.74 Å². The number of aromatic amines is 1. The van der Waals surface area contributed by atoms with Crippen molar-refractivity contribution in [1.29, 1.82) is 0 Å². The summed E-state index contributed by atoms with van der Waals surface area (Å²) in [6.45, 7) is 1.92. The van der Waals surface area contributed by atoms with E-state index in [4.69, 9.17) is 4.74 Å². The fourth-order valence-electron chi connectivity index (χ4n) is 3.12. The lowest BCUT2D eigenvalue weighted by molar-refractivity contribution is -0.118. The van der Waals surface area contributed by atoms with Crippen LogP contribution >= 0.6 is 0 Å². The van der Waals surface area contributed by atoms with Crippen LogP contribution in [0.3, 0.4) is 0 Å². The lowest BCUT2D eigenvalue weighted by atomic mass is 10.1. The van der Waals surface area contributed by atoms with Crippen LogP contribution in [-0.4, -0.2) is 32.8 Å². The third-order valence-corrected chi connectivity index (χ3v) is 4.71. The van der Waals surface area contributed by atoms with Gasteiger partial charge in [-0.25, -0.2) is 9.97 Å². The van der Waals surface area contributed by atoms with Gasteiger partial charge in [0.15, 0.2) is 0 Å². The molecule has 0 aliphatic rings. The quantitative estimate of drug-likeness (QED) is 0.534. The van der Waals surface area contributed by atoms with Gasteiger partial charge < -0.3 is 9.72 Å². The maximum absolute atomic E-state index is 11.3. The summed E-state index contributed by atoms with van der Waals surface area (Å²) < 4.78 is 5.46. The number of hydrogen-bond acceptors (Lipinski definition) is 5. The van der Waals surface area contributed by atoms with E-state index in [2.05, 4.69) is 19.9 Å². The van der Waals surface area contributed by atoms with E-state index in [0.717, 1.165) is 60.1 Å². The van der Waals surface area contributed by atoms with Crippen LogP contribution in [0.15, 0.2) is 30.7 Å². The average Bonchev–Trinajstić information content (AvgIpc) is 3.18. The molecule has 0 saturated heterocycles. The molecule has 0 spiro atoms. The Balaban J connectivity index is 1.60. The predicted molar refractivity (Wildman–Crippen MR) is 106 cm³/mol. The molecule has 142 valence electrons. The van der Waals surface area contributed by atoms with Crippen LogP contribution in [0.5, 0.6) is 5.88 Å². The van der Waals surface area contributed by atoms with Gasteiger partial charge in [-0.15, -0.1) is 0 Å². The maximum atomic E-state index is 11.3. The number of methoxy groups -OCH3 is 1. The van der Waals surface area contributed by atoms with E-state index < -0.39 is 0 Å². The zero-order valence-corrected chi connectivity index (χ0v) is 16.0. The van der Waals surface area contributed by atoms with E-state index in [-0.39, 0.29) is 0 Å². The van der Waals surface area contributed by atoms with E-state index in [1.807, 2.05) is 25.3 Å². The Morgan fingerprint density at radius 3 is 2.85 bits per heavy atom. The highest BCUT2D eigenvalue weighted by Gasteiger charge is 2.12. The molecule has 1 N–H and O–H groups in total. The number of H-pyrrole nitrogens is 1. The number of unbranched alkanes of at least 4 members (excludes halogenated alkanes) is 3. The van der Waals surface area contributed by atoms with Crippen molar-refractivity contribution in [2.75, 3.05) is 7.11 Å². The second kappa shape index (κ2) is 9.26. The lowest BCUT2D eigenvalue weighted by Crippen LogP contribution is -1.95. The second-order valence-electron chi connectivity index (χ2n) is 6.66. The smallest absolute Gasteiger partial charge is 0.223 e. The Bertz CT molecular complexity index is 904. The van der Waals surface area contributed by atoms with Crippen molar-refractivity contribution in [2.24, 2.45) is 0 Å². The molecule has 0 unspecified atom stereocenters. The van der Waals surface area contributed by atoms with Crippen LogP contribution in [-0.2, 0) is 11.2 Å². The standard InChI is InChI=1S/C21H26N4O2/c1-3-16(26)8-6-4-5-7-9-20-23-14-19(24-20)17-12-15-10-11-22-13-18(15)25-21(17)27-2/h10-14H,3-9H2,1-2H3,(H,23,24). The van der Waals surface area contributed by atoms with Gasteiger partial charge in [0.2, 0.25) is 5.88 Å². The summed E-state index contributed by atoms with van der Waals surface area (Å²) in [4.78, 5) is 27.8.